The number of fused-ring (bicyclic) bond motifs is 1. The number of rotatable bonds is 21. The molecule has 0 aliphatic carbocycles. The van der Waals surface area contributed by atoms with Gasteiger partial charge < -0.3 is 34.4 Å². The topological polar surface area (TPSA) is 198 Å². The number of anilines is 1. The molecule has 9 rings (SSSR count). The Morgan fingerprint density at radius 2 is 1.35 bits per heavy atom. The second-order valence-electron chi connectivity index (χ2n) is 16.7. The van der Waals surface area contributed by atoms with Crippen molar-refractivity contribution >= 4 is 69.5 Å². The van der Waals surface area contributed by atoms with E-state index in [1.54, 1.807) is 16.9 Å². The summed E-state index contributed by atoms with van der Waals surface area (Å²) in [5, 5.41) is 22.4. The average molecular weight is 1060 g/mol. The number of hydrogen-bond acceptors (Lipinski definition) is 17. The highest BCUT2D eigenvalue weighted by atomic mass is 32.2. The van der Waals surface area contributed by atoms with E-state index in [0.29, 0.717) is 15.9 Å². The minimum atomic E-state index is -1.07. The molecule has 0 saturated carbocycles. The van der Waals surface area contributed by atoms with E-state index in [1.165, 1.54) is 61.0 Å². The van der Waals surface area contributed by atoms with Crippen molar-refractivity contribution in [1.82, 2.24) is 30.0 Å². The first kappa shape index (κ1) is 52.0. The Balaban J connectivity index is 1.00. The van der Waals surface area contributed by atoms with Gasteiger partial charge in [0.05, 0.1) is 13.7 Å². The summed E-state index contributed by atoms with van der Waals surface area (Å²) in [6, 6.07) is 47.6. The van der Waals surface area contributed by atoms with E-state index >= 15 is 0 Å². The Bertz CT molecular complexity index is 3070. The summed E-state index contributed by atoms with van der Waals surface area (Å²) in [6.45, 7) is 0.0585. The number of esters is 2. The molecule has 0 radical (unpaired) electrons. The number of allylic oxidation sites excluding steroid dienone is 1. The molecule has 382 valence electrons. The number of thioether (sulfide) groups is 2. The Morgan fingerprint density at radius 1 is 0.787 bits per heavy atom. The molecule has 1 fully saturated rings. The highest BCUT2D eigenvalue weighted by Gasteiger charge is 2.55. The summed E-state index contributed by atoms with van der Waals surface area (Å²) in [5.41, 5.74) is 3.93. The lowest BCUT2D eigenvalue weighted by molar-refractivity contribution is -0.154. The van der Waals surface area contributed by atoms with Gasteiger partial charge >= 0.3 is 11.9 Å². The van der Waals surface area contributed by atoms with Crippen LogP contribution in [0.4, 0.5) is 5.13 Å². The molecule has 5 aromatic carbocycles. The molecule has 20 heteroatoms. The van der Waals surface area contributed by atoms with Gasteiger partial charge in [-0.2, -0.15) is 0 Å². The number of nitrogens with one attached hydrogen (secondary N) is 2. The number of oxime groups is 1. The molecule has 2 aliphatic heterocycles. The van der Waals surface area contributed by atoms with Crippen LogP contribution in [0.15, 0.2) is 190 Å². The fourth-order valence-electron chi connectivity index (χ4n) is 8.75. The fourth-order valence-corrected chi connectivity index (χ4v) is 11.5. The first-order valence-electron chi connectivity index (χ1n) is 23.4. The summed E-state index contributed by atoms with van der Waals surface area (Å²) in [6.07, 6.45) is 0.110. The van der Waals surface area contributed by atoms with Gasteiger partial charge in [0.1, 0.15) is 35.5 Å². The van der Waals surface area contributed by atoms with Crippen molar-refractivity contribution in [1.29, 1.82) is 0 Å². The SMILES string of the molecule is CON=C(C(=O)NC1C(=O)N2C(C(=O)OC(c3ccccc3)c3ccccc3)=C(C=CSc3nnc(C(=O)OC)n3CC(OC)OC)CSC12)c1csc(NC(c2ccccc2)(c2ccccc2)c2ccccc2)n1. The highest BCUT2D eigenvalue weighted by molar-refractivity contribution is 8.02. The first-order chi connectivity index (χ1) is 36.7. The van der Waals surface area contributed by atoms with E-state index in [1.807, 2.05) is 115 Å². The lowest BCUT2D eigenvalue weighted by Crippen LogP contribution is -2.71. The molecular formula is C55H50N8O9S3. The van der Waals surface area contributed by atoms with E-state index in [4.69, 9.17) is 28.8 Å². The molecule has 1 saturated heterocycles. The van der Waals surface area contributed by atoms with Crippen LogP contribution >= 0.6 is 34.9 Å². The summed E-state index contributed by atoms with van der Waals surface area (Å²) in [7, 11) is 5.49. The van der Waals surface area contributed by atoms with E-state index in [0.717, 1.165) is 39.6 Å². The Labute approximate surface area is 445 Å². The van der Waals surface area contributed by atoms with Crippen molar-refractivity contribution < 1.29 is 43.0 Å². The summed E-state index contributed by atoms with van der Waals surface area (Å²) >= 11 is 3.74. The monoisotopic (exact) mass is 1060 g/mol. The molecule has 75 heavy (non-hydrogen) atoms. The number of amides is 2. The average Bonchev–Trinajstić information content (AvgIpc) is 4.10. The summed E-state index contributed by atoms with van der Waals surface area (Å²) in [5.74, 6) is -2.58. The second-order valence-corrected chi connectivity index (χ2v) is 19.5. The molecule has 2 aromatic heterocycles. The van der Waals surface area contributed by atoms with Crippen LogP contribution in [-0.2, 0) is 50.3 Å². The number of hydrogen-bond donors (Lipinski definition) is 2. The quantitative estimate of drug-likeness (QED) is 0.0133. The van der Waals surface area contributed by atoms with Crippen molar-refractivity contribution in [3.05, 3.63) is 219 Å². The van der Waals surface area contributed by atoms with Gasteiger partial charge in [-0.3, -0.25) is 19.1 Å². The minimum Gasteiger partial charge on any atom is -0.463 e. The first-order valence-corrected chi connectivity index (χ1v) is 26.2. The molecule has 2 unspecified atom stereocenters. The van der Waals surface area contributed by atoms with E-state index < -0.39 is 53.1 Å². The van der Waals surface area contributed by atoms with E-state index in [-0.39, 0.29) is 35.2 Å². The molecule has 0 spiro atoms. The highest BCUT2D eigenvalue weighted by Crippen LogP contribution is 2.43. The normalized spacial score (nSPS) is 15.7. The Hall–Kier alpha value is -7.88. The van der Waals surface area contributed by atoms with E-state index in [2.05, 4.69) is 62.4 Å². The number of aromatic nitrogens is 4. The predicted octanol–water partition coefficient (Wildman–Crippen LogP) is 8.19. The third-order valence-corrected chi connectivity index (χ3v) is 15.2. The largest absolute Gasteiger partial charge is 0.463 e. The minimum absolute atomic E-state index is 0.00163. The van der Waals surface area contributed by atoms with Gasteiger partial charge in [0, 0.05) is 25.4 Å². The van der Waals surface area contributed by atoms with Crippen molar-refractivity contribution in [2.45, 2.75) is 41.0 Å². The van der Waals surface area contributed by atoms with Crippen LogP contribution < -0.4 is 10.6 Å². The maximum atomic E-state index is 14.8. The zero-order chi connectivity index (χ0) is 52.3. The molecule has 17 nitrogen and oxygen atoms in total. The van der Waals surface area contributed by atoms with Crippen LogP contribution in [0.2, 0.25) is 0 Å². The van der Waals surface area contributed by atoms with Gasteiger partial charge in [-0.05, 0) is 44.9 Å². The Morgan fingerprint density at radius 3 is 1.88 bits per heavy atom. The zero-order valence-electron chi connectivity index (χ0n) is 41.0. The molecule has 2 N–H and O–H groups in total. The fraction of sp³-hybridized carbons (Fsp3) is 0.200. The van der Waals surface area contributed by atoms with Gasteiger partial charge in [-0.1, -0.05) is 169 Å². The predicted molar refractivity (Wildman–Crippen MR) is 286 cm³/mol. The number of β-lactam (4-membered cyclic amide) rings is 1. The van der Waals surface area contributed by atoms with Gasteiger partial charge in [0.2, 0.25) is 5.82 Å². The lowest BCUT2D eigenvalue weighted by Gasteiger charge is -2.49. The number of nitrogens with zero attached hydrogens (tertiary/aromatic N) is 6. The van der Waals surface area contributed by atoms with Crippen LogP contribution in [0, 0.1) is 0 Å². The molecule has 4 heterocycles. The van der Waals surface area contributed by atoms with Crippen LogP contribution in [0.3, 0.4) is 0 Å². The second kappa shape index (κ2) is 24.0. The maximum absolute atomic E-state index is 14.8. The summed E-state index contributed by atoms with van der Waals surface area (Å²) in [4.78, 5) is 67.8. The molecule has 2 aliphatic rings. The number of thiazole rings is 1. The Kier molecular flexibility index (Phi) is 16.6. The van der Waals surface area contributed by atoms with Crippen LogP contribution in [0.25, 0.3) is 0 Å². The molecule has 0 bridgehead atoms. The van der Waals surface area contributed by atoms with Crippen molar-refractivity contribution in [3.8, 4) is 0 Å². The zero-order valence-corrected chi connectivity index (χ0v) is 43.4. The number of methoxy groups -OCH3 is 3. The smallest absolute Gasteiger partial charge is 0.376 e. The standard InChI is InChI=1S/C55H50N8O9S3/c1-68-42(69-2)32-62-47(52(67)70-3)59-60-54(62)73-31-30-37-33-74-50-44(49(65)63(50)45(37)51(66)72-46(35-20-10-5-11-21-35)36-22-12-6-13-23-36)57-48(64)43(61-71-4)41-34-75-53(56-41)58-55(38-24-14-7-15-25-38,39-26-16-8-17-27-39)40-28-18-9-19-29-40/h5-31,34,42,44,46,50H,32-33H2,1-4H3,(H,56,58)(H,57,64). The third-order valence-electron chi connectivity index (χ3n) is 12.4. The number of carbonyl (C=O) groups is 4. The maximum Gasteiger partial charge on any atom is 0.376 e. The van der Waals surface area contributed by atoms with E-state index in [9.17, 15) is 19.2 Å². The van der Waals surface area contributed by atoms with Crippen LogP contribution in [0.1, 0.15) is 50.2 Å². The number of carbonyl (C=O) groups excluding carboxylic acids is 4. The molecule has 2 amide bonds. The van der Waals surface area contributed by atoms with Crippen molar-refractivity contribution in [2.24, 2.45) is 5.16 Å². The van der Waals surface area contributed by atoms with Crippen molar-refractivity contribution in [2.75, 3.05) is 39.5 Å². The lowest BCUT2D eigenvalue weighted by atomic mass is 9.77. The van der Waals surface area contributed by atoms with Crippen molar-refractivity contribution in [3.63, 3.8) is 0 Å². The molecule has 7 aromatic rings. The number of ether oxygens (including phenoxy) is 4. The van der Waals surface area contributed by atoms with Gasteiger partial charge in [-0.25, -0.2) is 14.6 Å². The van der Waals surface area contributed by atoms with Gasteiger partial charge in [-0.15, -0.1) is 33.3 Å². The molecule has 2 atom stereocenters. The van der Waals surface area contributed by atoms with Crippen LogP contribution in [0.5, 0.6) is 0 Å². The van der Waals surface area contributed by atoms with Gasteiger partial charge in [0.15, 0.2) is 28.4 Å². The van der Waals surface area contributed by atoms with Gasteiger partial charge in [0.25, 0.3) is 11.8 Å². The van der Waals surface area contributed by atoms with Crippen LogP contribution in [-0.4, -0.2) is 106 Å². The number of benzene rings is 5. The third kappa shape index (κ3) is 11.0. The summed E-state index contributed by atoms with van der Waals surface area (Å²) < 4.78 is 23.6. The molecular weight excluding hydrogens is 1010 g/mol.